The summed E-state index contributed by atoms with van der Waals surface area (Å²) >= 11 is 0. The van der Waals surface area contributed by atoms with E-state index in [1.165, 1.54) is 0 Å². The second kappa shape index (κ2) is 8.94. The molecule has 0 heterocycles. The van der Waals surface area contributed by atoms with Crippen LogP contribution in [0, 0.1) is 16.7 Å². The number of amides is 1. The fraction of sp³-hybridized carbons (Fsp3) is 0.900. The summed E-state index contributed by atoms with van der Waals surface area (Å²) in [6.07, 6.45) is 1.96. The van der Waals surface area contributed by atoms with Gasteiger partial charge in [-0.1, -0.05) is 20.8 Å². The Bertz CT molecular complexity index is 596. The summed E-state index contributed by atoms with van der Waals surface area (Å²) in [5, 5.41) is 12.6. The van der Waals surface area contributed by atoms with Crippen molar-refractivity contribution in [2.75, 3.05) is 6.54 Å². The van der Waals surface area contributed by atoms with Gasteiger partial charge in [0.25, 0.3) is 0 Å². The van der Waals surface area contributed by atoms with Crippen LogP contribution in [0.5, 0.6) is 0 Å². The van der Waals surface area contributed by atoms with Crippen molar-refractivity contribution in [3.05, 3.63) is 0 Å². The predicted molar refractivity (Wildman–Crippen MR) is 125 cm³/mol. The number of nitrogens with one attached hydrogen (secondary N) is 1. The minimum Gasteiger partial charge on any atom is -0.481 e. The van der Waals surface area contributed by atoms with Crippen molar-refractivity contribution in [3.63, 3.8) is 0 Å². The van der Waals surface area contributed by atoms with E-state index in [1.54, 1.807) is 0 Å². The first-order valence-electron chi connectivity index (χ1n) is 10.7. The number of aliphatic carboxylic acids is 1. The number of hydrogen-bond donors (Lipinski definition) is 2. The van der Waals surface area contributed by atoms with Crippen LogP contribution in [0.3, 0.4) is 0 Å². The van der Waals surface area contributed by atoms with E-state index >= 15 is 0 Å². The molecule has 0 saturated heterocycles. The zero-order valence-electron chi connectivity index (χ0n) is 20.2. The molecule has 1 rings (SSSR count). The lowest BCUT2D eigenvalue weighted by atomic mass is 9.65. The van der Waals surface area contributed by atoms with E-state index in [0.717, 1.165) is 12.5 Å². The molecule has 170 valence electrons. The second-order valence-electron chi connectivity index (χ2n) is 11.4. The highest BCUT2D eigenvalue weighted by Gasteiger charge is 2.58. The van der Waals surface area contributed by atoms with E-state index in [1.807, 2.05) is 20.8 Å². The minimum atomic E-state index is -2.30. The first-order chi connectivity index (χ1) is 12.8. The Morgan fingerprint density at radius 3 is 1.86 bits per heavy atom. The molecule has 2 atom stereocenters. The quantitative estimate of drug-likeness (QED) is 0.361. The average Bonchev–Trinajstić information content (AvgIpc) is 2.70. The van der Waals surface area contributed by atoms with Gasteiger partial charge < -0.3 is 18.7 Å². The standard InChI is InChI=1S/C20H43NO5Si3/c1-19(2)16(17(22)23)12-13-20(19,3)18(24)21-14-11-15-29(10,25-27(4,5)6)26-28(7,8)9/h16H,11-15H2,1-10H3,(H,21,24)(H,22,23). The van der Waals surface area contributed by atoms with E-state index < -0.39 is 47.9 Å². The van der Waals surface area contributed by atoms with Gasteiger partial charge in [-0.05, 0) is 76.6 Å². The molecule has 0 aliphatic heterocycles. The third kappa shape index (κ3) is 7.02. The first kappa shape index (κ1) is 26.5. The Morgan fingerprint density at radius 2 is 1.48 bits per heavy atom. The Morgan fingerprint density at radius 1 is 1.00 bits per heavy atom. The highest BCUT2D eigenvalue weighted by Crippen LogP contribution is 2.56. The van der Waals surface area contributed by atoms with Crippen LogP contribution >= 0.6 is 0 Å². The Hall–Kier alpha value is -0.489. The van der Waals surface area contributed by atoms with E-state index in [-0.39, 0.29) is 5.91 Å². The normalized spacial score (nSPS) is 25.1. The molecule has 0 aromatic heterocycles. The smallest absolute Gasteiger partial charge is 0.314 e. The summed E-state index contributed by atoms with van der Waals surface area (Å²) in [4.78, 5) is 24.6. The summed E-state index contributed by atoms with van der Waals surface area (Å²) in [7, 11) is -5.76. The predicted octanol–water partition coefficient (Wildman–Crippen LogP) is 4.79. The summed E-state index contributed by atoms with van der Waals surface area (Å²) in [6.45, 7) is 21.6. The van der Waals surface area contributed by atoms with Crippen LogP contribution in [0.2, 0.25) is 51.9 Å². The fourth-order valence-electron chi connectivity index (χ4n) is 4.56. The largest absolute Gasteiger partial charge is 0.481 e. The molecule has 29 heavy (non-hydrogen) atoms. The maximum Gasteiger partial charge on any atom is 0.314 e. The molecule has 9 heteroatoms. The molecule has 1 aliphatic rings. The van der Waals surface area contributed by atoms with E-state index in [2.05, 4.69) is 51.1 Å². The molecule has 1 aliphatic carbocycles. The minimum absolute atomic E-state index is 0.0353. The van der Waals surface area contributed by atoms with Crippen molar-refractivity contribution in [3.8, 4) is 0 Å². The van der Waals surface area contributed by atoms with Crippen molar-refractivity contribution in [2.45, 2.75) is 91.9 Å². The van der Waals surface area contributed by atoms with Crippen LogP contribution in [0.15, 0.2) is 0 Å². The van der Waals surface area contributed by atoms with Crippen LogP contribution in [0.25, 0.3) is 0 Å². The molecular weight excluding hydrogens is 418 g/mol. The summed E-state index contributed by atoms with van der Waals surface area (Å²) < 4.78 is 13.0. The van der Waals surface area contributed by atoms with Gasteiger partial charge in [-0.25, -0.2) is 0 Å². The van der Waals surface area contributed by atoms with E-state index in [0.29, 0.717) is 19.4 Å². The van der Waals surface area contributed by atoms with Gasteiger partial charge >= 0.3 is 14.5 Å². The van der Waals surface area contributed by atoms with Crippen molar-refractivity contribution in [2.24, 2.45) is 16.7 Å². The number of hydrogen-bond acceptors (Lipinski definition) is 4. The molecule has 0 aromatic rings. The van der Waals surface area contributed by atoms with Crippen molar-refractivity contribution in [1.82, 2.24) is 5.32 Å². The first-order valence-corrected chi connectivity index (χ1v) is 20.1. The Labute approximate surface area is 180 Å². The maximum atomic E-state index is 13.0. The van der Waals surface area contributed by atoms with Gasteiger partial charge in [0.15, 0.2) is 16.6 Å². The van der Waals surface area contributed by atoms with E-state index in [9.17, 15) is 14.7 Å². The molecule has 0 bridgehead atoms. The Balaban J connectivity index is 2.71. The highest BCUT2D eigenvalue weighted by atomic mass is 28.5. The van der Waals surface area contributed by atoms with Gasteiger partial charge in [0.2, 0.25) is 5.91 Å². The van der Waals surface area contributed by atoms with Crippen LogP contribution in [0.1, 0.15) is 40.0 Å². The van der Waals surface area contributed by atoms with Crippen LogP contribution in [0.4, 0.5) is 0 Å². The van der Waals surface area contributed by atoms with Crippen molar-refractivity contribution >= 4 is 37.1 Å². The van der Waals surface area contributed by atoms with Gasteiger partial charge in [-0.3, -0.25) is 9.59 Å². The number of carboxylic acid groups (broad SMARTS) is 1. The molecule has 0 radical (unpaired) electrons. The lowest BCUT2D eigenvalue weighted by molar-refractivity contribution is -0.148. The average molecular weight is 462 g/mol. The topological polar surface area (TPSA) is 84.9 Å². The lowest BCUT2D eigenvalue weighted by Crippen LogP contribution is -2.53. The SMILES string of the molecule is CC1(C(=O)NCCC[Si](C)(O[Si](C)(C)C)O[Si](C)(C)C)CCC(C(=O)O)C1(C)C. The van der Waals surface area contributed by atoms with Gasteiger partial charge in [-0.15, -0.1) is 0 Å². The third-order valence-electron chi connectivity index (χ3n) is 6.16. The fourth-order valence-corrected chi connectivity index (χ4v) is 17.1. The zero-order chi connectivity index (χ0) is 22.9. The Kier molecular flexibility index (Phi) is 8.18. The van der Waals surface area contributed by atoms with Gasteiger partial charge in [0, 0.05) is 6.54 Å². The highest BCUT2D eigenvalue weighted by molar-refractivity contribution is 6.87. The molecule has 2 unspecified atom stereocenters. The summed E-state index contributed by atoms with van der Waals surface area (Å²) in [5.74, 6) is -1.32. The zero-order valence-corrected chi connectivity index (χ0v) is 23.2. The number of carbonyl (C=O) groups is 2. The van der Waals surface area contributed by atoms with Crippen LogP contribution in [-0.2, 0) is 17.8 Å². The number of carboxylic acids is 1. The van der Waals surface area contributed by atoms with Gasteiger partial charge in [0.05, 0.1) is 11.3 Å². The molecule has 6 nitrogen and oxygen atoms in total. The van der Waals surface area contributed by atoms with Gasteiger partial charge in [-0.2, -0.15) is 0 Å². The van der Waals surface area contributed by atoms with Crippen molar-refractivity contribution in [1.29, 1.82) is 0 Å². The summed E-state index contributed by atoms with van der Waals surface area (Å²) in [6, 6.07) is 0.847. The molecule has 0 spiro atoms. The molecule has 1 saturated carbocycles. The molecule has 1 amide bonds. The van der Waals surface area contributed by atoms with Crippen LogP contribution in [-0.4, -0.2) is 48.7 Å². The maximum absolute atomic E-state index is 13.0. The molecule has 0 aromatic carbocycles. The molecular formula is C20H43NO5Si3. The molecule has 2 N–H and O–H groups in total. The number of rotatable bonds is 10. The van der Waals surface area contributed by atoms with Gasteiger partial charge in [0.1, 0.15) is 0 Å². The second-order valence-corrected chi connectivity index (χ2v) is 24.3. The number of carbonyl (C=O) groups excluding carboxylic acids is 1. The third-order valence-corrected chi connectivity index (χ3v) is 15.8. The molecule has 1 fully saturated rings. The van der Waals surface area contributed by atoms with Crippen molar-refractivity contribution < 1.29 is 22.9 Å². The van der Waals surface area contributed by atoms with E-state index in [4.69, 9.17) is 8.23 Å². The lowest BCUT2D eigenvalue weighted by Gasteiger charge is -2.39. The summed E-state index contributed by atoms with van der Waals surface area (Å²) in [5.41, 5.74) is -1.24. The monoisotopic (exact) mass is 461 g/mol. The van der Waals surface area contributed by atoms with Crippen LogP contribution < -0.4 is 5.32 Å².